The molecule has 0 aliphatic carbocycles. The SMILES string of the molecule is Cn1c(Cc2c(Cl)ccc(C(=O)O)c2Cl)cc2c(F)cc(C(F)(F)F)cc21. The zero-order valence-corrected chi connectivity index (χ0v) is 15.2. The predicted octanol–water partition coefficient (Wildman–Crippen LogP) is 5.93. The Morgan fingerprint density at radius 1 is 1.19 bits per heavy atom. The van der Waals surface area contributed by atoms with E-state index in [1.807, 2.05) is 0 Å². The van der Waals surface area contributed by atoms with Crippen LogP contribution in [0.25, 0.3) is 10.9 Å². The van der Waals surface area contributed by atoms with E-state index in [0.717, 1.165) is 6.07 Å². The lowest BCUT2D eigenvalue weighted by atomic mass is 10.1. The number of carboxylic acids is 1. The Kier molecular flexibility index (Phi) is 4.86. The third-order valence-electron chi connectivity index (χ3n) is 4.31. The number of carboxylic acid groups (broad SMARTS) is 1. The van der Waals surface area contributed by atoms with Crippen molar-refractivity contribution in [1.82, 2.24) is 4.57 Å². The van der Waals surface area contributed by atoms with Gasteiger partial charge in [0.05, 0.1) is 21.7 Å². The molecule has 1 heterocycles. The molecule has 3 aromatic rings. The molecule has 0 aliphatic rings. The number of alkyl halides is 3. The Balaban J connectivity index is 2.15. The van der Waals surface area contributed by atoms with Crippen LogP contribution in [0.5, 0.6) is 0 Å². The molecule has 0 unspecified atom stereocenters. The van der Waals surface area contributed by atoms with Gasteiger partial charge in [0.1, 0.15) is 5.82 Å². The topological polar surface area (TPSA) is 42.2 Å². The highest BCUT2D eigenvalue weighted by Gasteiger charge is 2.32. The average molecular weight is 420 g/mol. The number of aryl methyl sites for hydroxylation is 1. The number of benzene rings is 2. The molecule has 0 atom stereocenters. The monoisotopic (exact) mass is 419 g/mol. The highest BCUT2D eigenvalue weighted by atomic mass is 35.5. The van der Waals surface area contributed by atoms with E-state index in [1.54, 1.807) is 0 Å². The third-order valence-corrected chi connectivity index (χ3v) is 5.10. The minimum absolute atomic E-state index is 0.0159. The van der Waals surface area contributed by atoms with Crippen LogP contribution in [0, 0.1) is 5.82 Å². The van der Waals surface area contributed by atoms with Crippen LogP contribution in [0.4, 0.5) is 17.6 Å². The number of aromatic carboxylic acids is 1. The van der Waals surface area contributed by atoms with Crippen molar-refractivity contribution in [3.8, 4) is 0 Å². The molecule has 0 bridgehead atoms. The Bertz CT molecular complexity index is 1070. The molecule has 9 heteroatoms. The molecule has 1 aromatic heterocycles. The van der Waals surface area contributed by atoms with Gasteiger partial charge in [-0.2, -0.15) is 13.2 Å². The van der Waals surface area contributed by atoms with Gasteiger partial charge in [-0.25, -0.2) is 9.18 Å². The molecular weight excluding hydrogens is 409 g/mol. The van der Waals surface area contributed by atoms with Gasteiger partial charge in [0.15, 0.2) is 0 Å². The molecule has 0 saturated carbocycles. The Labute approximate surface area is 160 Å². The van der Waals surface area contributed by atoms with Gasteiger partial charge >= 0.3 is 12.1 Å². The molecule has 142 valence electrons. The number of fused-ring (bicyclic) bond motifs is 1. The number of nitrogens with zero attached hydrogens (tertiary/aromatic N) is 1. The fourth-order valence-electron chi connectivity index (χ4n) is 2.88. The second-order valence-electron chi connectivity index (χ2n) is 5.95. The summed E-state index contributed by atoms with van der Waals surface area (Å²) in [7, 11) is 1.49. The van der Waals surface area contributed by atoms with Crippen molar-refractivity contribution in [2.24, 2.45) is 7.05 Å². The summed E-state index contributed by atoms with van der Waals surface area (Å²) in [4.78, 5) is 11.2. The van der Waals surface area contributed by atoms with Gasteiger partial charge in [-0.3, -0.25) is 0 Å². The van der Waals surface area contributed by atoms with E-state index in [0.29, 0.717) is 17.3 Å². The first-order valence-electron chi connectivity index (χ1n) is 7.56. The van der Waals surface area contributed by atoms with Gasteiger partial charge in [0, 0.05) is 29.6 Å². The van der Waals surface area contributed by atoms with Crippen LogP contribution in [-0.4, -0.2) is 15.6 Å². The van der Waals surface area contributed by atoms with Crippen LogP contribution in [-0.2, 0) is 19.6 Å². The van der Waals surface area contributed by atoms with Crippen LogP contribution in [0.1, 0.15) is 27.2 Å². The molecule has 3 rings (SSSR count). The van der Waals surface area contributed by atoms with Crippen molar-refractivity contribution < 1.29 is 27.5 Å². The molecule has 3 nitrogen and oxygen atoms in total. The molecular formula is C18H11Cl2F4NO2. The maximum Gasteiger partial charge on any atom is 0.416 e. The molecule has 0 spiro atoms. The van der Waals surface area contributed by atoms with E-state index < -0.39 is 23.5 Å². The first kappa shape index (κ1) is 19.5. The quantitative estimate of drug-likeness (QED) is 0.534. The maximum atomic E-state index is 14.2. The molecule has 2 aromatic carbocycles. The van der Waals surface area contributed by atoms with Gasteiger partial charge in [-0.15, -0.1) is 0 Å². The summed E-state index contributed by atoms with van der Waals surface area (Å²) in [6.45, 7) is 0. The molecule has 0 amide bonds. The zero-order valence-electron chi connectivity index (χ0n) is 13.7. The summed E-state index contributed by atoms with van der Waals surface area (Å²) in [5.41, 5.74) is -0.473. The molecule has 0 aliphatic heterocycles. The molecule has 27 heavy (non-hydrogen) atoms. The second kappa shape index (κ2) is 6.73. The van der Waals surface area contributed by atoms with Crippen LogP contribution < -0.4 is 0 Å². The Hall–Kier alpha value is -2.25. The van der Waals surface area contributed by atoms with E-state index in [2.05, 4.69) is 0 Å². The normalized spacial score (nSPS) is 12.0. The maximum absolute atomic E-state index is 14.2. The molecule has 1 N–H and O–H groups in total. The first-order valence-corrected chi connectivity index (χ1v) is 8.31. The fourth-order valence-corrected chi connectivity index (χ4v) is 3.47. The van der Waals surface area contributed by atoms with Crippen molar-refractivity contribution in [2.75, 3.05) is 0 Å². The highest BCUT2D eigenvalue weighted by molar-refractivity contribution is 6.38. The number of hydrogen-bond donors (Lipinski definition) is 1. The molecule has 0 radical (unpaired) electrons. The zero-order chi connectivity index (χ0) is 20.1. The summed E-state index contributed by atoms with van der Waals surface area (Å²) in [6.07, 6.45) is -4.66. The van der Waals surface area contributed by atoms with Gasteiger partial charge in [-0.1, -0.05) is 23.2 Å². The lowest BCUT2D eigenvalue weighted by Crippen LogP contribution is -2.06. The third kappa shape index (κ3) is 3.49. The van der Waals surface area contributed by atoms with E-state index in [4.69, 9.17) is 23.2 Å². The van der Waals surface area contributed by atoms with Crippen molar-refractivity contribution in [3.05, 3.63) is 68.6 Å². The Morgan fingerprint density at radius 2 is 1.85 bits per heavy atom. The van der Waals surface area contributed by atoms with E-state index in [9.17, 15) is 27.5 Å². The smallest absolute Gasteiger partial charge is 0.416 e. The van der Waals surface area contributed by atoms with Gasteiger partial charge in [0.2, 0.25) is 0 Å². The van der Waals surface area contributed by atoms with Crippen molar-refractivity contribution >= 4 is 40.1 Å². The van der Waals surface area contributed by atoms with Crippen molar-refractivity contribution in [1.29, 1.82) is 0 Å². The van der Waals surface area contributed by atoms with E-state index in [1.165, 1.54) is 29.8 Å². The first-order chi connectivity index (χ1) is 12.5. The van der Waals surface area contributed by atoms with E-state index in [-0.39, 0.29) is 32.9 Å². The largest absolute Gasteiger partial charge is 0.478 e. The number of halogens is 6. The summed E-state index contributed by atoms with van der Waals surface area (Å²) in [5.74, 6) is -2.24. The van der Waals surface area contributed by atoms with Crippen LogP contribution in [0.2, 0.25) is 10.0 Å². The lowest BCUT2D eigenvalue weighted by Gasteiger charge is -2.11. The van der Waals surface area contributed by atoms with Crippen molar-refractivity contribution in [2.45, 2.75) is 12.6 Å². The van der Waals surface area contributed by atoms with Gasteiger partial charge in [-0.05, 0) is 35.9 Å². The van der Waals surface area contributed by atoms with Crippen molar-refractivity contribution in [3.63, 3.8) is 0 Å². The lowest BCUT2D eigenvalue weighted by molar-refractivity contribution is -0.137. The highest BCUT2D eigenvalue weighted by Crippen LogP contribution is 2.35. The molecule has 0 saturated heterocycles. The van der Waals surface area contributed by atoms with Gasteiger partial charge < -0.3 is 9.67 Å². The predicted molar refractivity (Wildman–Crippen MR) is 94.1 cm³/mol. The summed E-state index contributed by atoms with van der Waals surface area (Å²) in [5, 5.41) is 9.31. The minimum Gasteiger partial charge on any atom is -0.478 e. The van der Waals surface area contributed by atoms with Gasteiger partial charge in [0.25, 0.3) is 0 Å². The standard InChI is InChI=1S/C18H11Cl2F4NO2/c1-25-9(6-11-13(19)3-2-10(16(11)20)17(26)27)7-12-14(21)4-8(5-15(12)25)18(22,23)24/h2-5,7H,6H2,1H3,(H,26,27). The van der Waals surface area contributed by atoms with Crippen LogP contribution >= 0.6 is 23.2 Å². The fraction of sp³-hybridized carbons (Fsp3) is 0.167. The number of aromatic nitrogens is 1. The second-order valence-corrected chi connectivity index (χ2v) is 6.74. The number of carbonyl (C=O) groups is 1. The van der Waals surface area contributed by atoms with Crippen LogP contribution in [0.3, 0.4) is 0 Å². The summed E-state index contributed by atoms with van der Waals surface area (Å²) >= 11 is 12.2. The van der Waals surface area contributed by atoms with Crippen LogP contribution in [0.15, 0.2) is 30.3 Å². The minimum atomic E-state index is -4.68. The number of rotatable bonds is 3. The van der Waals surface area contributed by atoms with E-state index >= 15 is 0 Å². The average Bonchev–Trinajstić information content (AvgIpc) is 2.87. The number of hydrogen-bond acceptors (Lipinski definition) is 1. The molecule has 0 fully saturated rings. The summed E-state index contributed by atoms with van der Waals surface area (Å²) < 4.78 is 54.4. The summed E-state index contributed by atoms with van der Waals surface area (Å²) in [6, 6.07) is 5.32. The Morgan fingerprint density at radius 3 is 2.44 bits per heavy atom.